The van der Waals surface area contributed by atoms with E-state index in [4.69, 9.17) is 5.11 Å². The van der Waals surface area contributed by atoms with Crippen molar-refractivity contribution in [3.8, 4) is 17.5 Å². The Balaban J connectivity index is 2.23. The standard InChI is InChI=1S/C15H10N2O3S/c1-8-4-12-14(21-8)9(6-16)7-17(12)10-2-3-11(15(19)20)13(18)5-10/h2-5,7,18H,1H3,(H,19,20). The van der Waals surface area contributed by atoms with Crippen molar-refractivity contribution in [1.82, 2.24) is 4.57 Å². The Hall–Kier alpha value is -2.78. The van der Waals surface area contributed by atoms with Crippen LogP contribution in [0, 0.1) is 18.3 Å². The highest BCUT2D eigenvalue weighted by Crippen LogP contribution is 2.33. The Labute approximate surface area is 123 Å². The molecule has 0 aliphatic heterocycles. The van der Waals surface area contributed by atoms with Crippen LogP contribution in [0.3, 0.4) is 0 Å². The average molecular weight is 298 g/mol. The van der Waals surface area contributed by atoms with Gasteiger partial charge in [0.25, 0.3) is 0 Å². The highest BCUT2D eigenvalue weighted by atomic mass is 32.1. The van der Waals surface area contributed by atoms with E-state index in [9.17, 15) is 15.2 Å². The third kappa shape index (κ3) is 2.04. The highest BCUT2D eigenvalue weighted by Gasteiger charge is 2.15. The van der Waals surface area contributed by atoms with Crippen molar-refractivity contribution in [3.63, 3.8) is 0 Å². The number of rotatable bonds is 2. The lowest BCUT2D eigenvalue weighted by Gasteiger charge is -2.06. The Bertz CT molecular complexity index is 915. The number of hydrogen-bond acceptors (Lipinski definition) is 4. The van der Waals surface area contributed by atoms with Crippen LogP contribution in [-0.2, 0) is 0 Å². The number of benzene rings is 1. The summed E-state index contributed by atoms with van der Waals surface area (Å²) in [4.78, 5) is 12.0. The van der Waals surface area contributed by atoms with Gasteiger partial charge in [-0.05, 0) is 25.1 Å². The number of carboxylic acid groups (broad SMARTS) is 1. The van der Waals surface area contributed by atoms with Crippen LogP contribution in [0.2, 0.25) is 0 Å². The van der Waals surface area contributed by atoms with Gasteiger partial charge in [-0.15, -0.1) is 11.3 Å². The average Bonchev–Trinajstić information content (AvgIpc) is 2.95. The number of aromatic carboxylic acids is 1. The van der Waals surface area contributed by atoms with Crippen LogP contribution < -0.4 is 0 Å². The van der Waals surface area contributed by atoms with E-state index in [1.165, 1.54) is 23.5 Å². The summed E-state index contributed by atoms with van der Waals surface area (Å²) in [5, 5.41) is 27.9. The number of nitrogens with zero attached hydrogens (tertiary/aromatic N) is 2. The molecule has 0 saturated carbocycles. The van der Waals surface area contributed by atoms with E-state index in [2.05, 4.69) is 6.07 Å². The van der Waals surface area contributed by atoms with Crippen LogP contribution in [0.4, 0.5) is 0 Å². The smallest absolute Gasteiger partial charge is 0.339 e. The number of thiophene rings is 1. The summed E-state index contributed by atoms with van der Waals surface area (Å²) >= 11 is 1.53. The summed E-state index contributed by atoms with van der Waals surface area (Å²) < 4.78 is 2.67. The van der Waals surface area contributed by atoms with E-state index < -0.39 is 5.97 Å². The number of phenols is 1. The topological polar surface area (TPSA) is 86.2 Å². The van der Waals surface area contributed by atoms with Gasteiger partial charge in [-0.1, -0.05) is 0 Å². The lowest BCUT2D eigenvalue weighted by molar-refractivity contribution is 0.0694. The van der Waals surface area contributed by atoms with Crippen LogP contribution in [-0.4, -0.2) is 20.7 Å². The Morgan fingerprint density at radius 3 is 2.76 bits per heavy atom. The quantitative estimate of drug-likeness (QED) is 0.760. The predicted molar refractivity (Wildman–Crippen MR) is 79.2 cm³/mol. The molecule has 3 rings (SSSR count). The monoisotopic (exact) mass is 298 g/mol. The number of carbonyl (C=O) groups is 1. The van der Waals surface area contributed by atoms with Gasteiger partial charge in [0.2, 0.25) is 0 Å². The lowest BCUT2D eigenvalue weighted by Crippen LogP contribution is -1.98. The second-order valence-corrected chi connectivity index (χ2v) is 5.86. The molecule has 0 aliphatic carbocycles. The SMILES string of the molecule is Cc1cc2c(s1)c(C#N)cn2-c1ccc(C(=O)O)c(O)c1. The summed E-state index contributed by atoms with van der Waals surface area (Å²) in [7, 11) is 0. The van der Waals surface area contributed by atoms with E-state index >= 15 is 0 Å². The van der Waals surface area contributed by atoms with E-state index in [1.807, 2.05) is 13.0 Å². The van der Waals surface area contributed by atoms with Crippen molar-refractivity contribution in [3.05, 3.63) is 46.5 Å². The number of aromatic hydroxyl groups is 1. The van der Waals surface area contributed by atoms with Crippen molar-refractivity contribution >= 4 is 27.5 Å². The molecular weight excluding hydrogens is 288 g/mol. The van der Waals surface area contributed by atoms with E-state index in [0.717, 1.165) is 15.1 Å². The minimum atomic E-state index is -1.18. The van der Waals surface area contributed by atoms with Gasteiger partial charge in [0.1, 0.15) is 17.4 Å². The zero-order valence-electron chi connectivity index (χ0n) is 11.0. The summed E-state index contributed by atoms with van der Waals surface area (Å²) in [6, 6.07) is 8.46. The minimum absolute atomic E-state index is 0.149. The molecule has 0 amide bonds. The molecular formula is C15H10N2O3S. The molecule has 0 saturated heterocycles. The molecule has 6 heteroatoms. The molecule has 0 bridgehead atoms. The Morgan fingerprint density at radius 2 is 2.14 bits per heavy atom. The zero-order valence-corrected chi connectivity index (χ0v) is 11.8. The maximum absolute atomic E-state index is 10.9. The first kappa shape index (κ1) is 13.2. The molecule has 2 heterocycles. The van der Waals surface area contributed by atoms with Gasteiger partial charge in [-0.3, -0.25) is 0 Å². The van der Waals surface area contributed by atoms with Gasteiger partial charge in [-0.2, -0.15) is 5.26 Å². The van der Waals surface area contributed by atoms with Gasteiger partial charge in [0.15, 0.2) is 0 Å². The molecule has 0 atom stereocenters. The molecule has 2 aromatic heterocycles. The number of hydrogen-bond donors (Lipinski definition) is 2. The van der Waals surface area contributed by atoms with Crippen LogP contribution in [0.25, 0.3) is 15.9 Å². The molecule has 0 fully saturated rings. The highest BCUT2D eigenvalue weighted by molar-refractivity contribution is 7.19. The number of fused-ring (bicyclic) bond motifs is 1. The van der Waals surface area contributed by atoms with Crippen molar-refractivity contribution in [2.45, 2.75) is 6.92 Å². The zero-order chi connectivity index (χ0) is 15.1. The summed E-state index contributed by atoms with van der Waals surface area (Å²) in [6.07, 6.45) is 1.69. The molecule has 104 valence electrons. The van der Waals surface area contributed by atoms with Crippen LogP contribution >= 0.6 is 11.3 Å². The molecule has 5 nitrogen and oxygen atoms in total. The first-order chi connectivity index (χ1) is 10.0. The summed E-state index contributed by atoms with van der Waals surface area (Å²) in [6.45, 7) is 1.96. The van der Waals surface area contributed by atoms with E-state index in [-0.39, 0.29) is 11.3 Å². The lowest BCUT2D eigenvalue weighted by atomic mass is 10.2. The third-order valence-electron chi connectivity index (χ3n) is 3.21. The third-order valence-corrected chi connectivity index (χ3v) is 4.28. The first-order valence-corrected chi connectivity index (χ1v) is 6.91. The normalized spacial score (nSPS) is 10.7. The van der Waals surface area contributed by atoms with Crippen LogP contribution in [0.1, 0.15) is 20.8 Å². The van der Waals surface area contributed by atoms with Crippen molar-refractivity contribution in [2.75, 3.05) is 0 Å². The number of aromatic nitrogens is 1. The van der Waals surface area contributed by atoms with Crippen molar-refractivity contribution < 1.29 is 15.0 Å². The number of nitriles is 1. The van der Waals surface area contributed by atoms with Gasteiger partial charge >= 0.3 is 5.97 Å². The van der Waals surface area contributed by atoms with Gasteiger partial charge in [-0.25, -0.2) is 4.79 Å². The first-order valence-electron chi connectivity index (χ1n) is 6.09. The number of aryl methyl sites for hydroxylation is 1. The van der Waals surface area contributed by atoms with Crippen molar-refractivity contribution in [1.29, 1.82) is 5.26 Å². The minimum Gasteiger partial charge on any atom is -0.507 e. The molecule has 0 spiro atoms. The fraction of sp³-hybridized carbons (Fsp3) is 0.0667. The van der Waals surface area contributed by atoms with Crippen molar-refractivity contribution in [2.24, 2.45) is 0 Å². The second kappa shape index (κ2) is 4.65. The number of carboxylic acids is 1. The fourth-order valence-corrected chi connectivity index (χ4v) is 3.24. The largest absolute Gasteiger partial charge is 0.507 e. The molecule has 21 heavy (non-hydrogen) atoms. The van der Waals surface area contributed by atoms with E-state index in [1.54, 1.807) is 16.8 Å². The Morgan fingerprint density at radius 1 is 1.38 bits per heavy atom. The maximum Gasteiger partial charge on any atom is 0.339 e. The molecule has 0 unspecified atom stereocenters. The second-order valence-electron chi connectivity index (χ2n) is 4.60. The van der Waals surface area contributed by atoms with E-state index in [0.29, 0.717) is 11.3 Å². The summed E-state index contributed by atoms with van der Waals surface area (Å²) in [5.41, 5.74) is 1.90. The van der Waals surface area contributed by atoms with Gasteiger partial charge in [0.05, 0.1) is 15.8 Å². The maximum atomic E-state index is 10.9. The molecule has 2 N–H and O–H groups in total. The molecule has 1 aromatic carbocycles. The molecule has 0 aliphatic rings. The Kier molecular flexibility index (Phi) is 2.92. The fourth-order valence-electron chi connectivity index (χ4n) is 2.27. The van der Waals surface area contributed by atoms with Crippen LogP contribution in [0.15, 0.2) is 30.5 Å². The van der Waals surface area contributed by atoms with Gasteiger partial charge < -0.3 is 14.8 Å². The summed E-state index contributed by atoms with van der Waals surface area (Å²) in [5.74, 6) is -1.48. The predicted octanol–water partition coefficient (Wildman–Crippen LogP) is 3.28. The van der Waals surface area contributed by atoms with Gasteiger partial charge in [0, 0.05) is 22.8 Å². The molecule has 0 radical (unpaired) electrons. The van der Waals surface area contributed by atoms with Crippen LogP contribution in [0.5, 0.6) is 5.75 Å². The molecule has 3 aromatic rings.